The van der Waals surface area contributed by atoms with Crippen molar-refractivity contribution in [2.75, 3.05) is 38.8 Å². The second-order valence-electron chi connectivity index (χ2n) is 3.56. The highest BCUT2D eigenvalue weighted by atomic mass is 127. The molecule has 5 nitrogen and oxygen atoms in total. The third-order valence-corrected chi connectivity index (χ3v) is 2.68. The van der Waals surface area contributed by atoms with E-state index in [4.69, 9.17) is 0 Å². The van der Waals surface area contributed by atoms with Crippen molar-refractivity contribution in [3.63, 3.8) is 0 Å². The van der Waals surface area contributed by atoms with E-state index in [0.717, 1.165) is 24.8 Å². The summed E-state index contributed by atoms with van der Waals surface area (Å²) < 4.78 is 4.65. The van der Waals surface area contributed by atoms with E-state index in [1.807, 2.05) is 6.92 Å². The van der Waals surface area contributed by atoms with E-state index in [-0.39, 0.29) is 35.9 Å². The van der Waals surface area contributed by atoms with Crippen LogP contribution < -0.4 is 10.6 Å². The lowest BCUT2D eigenvalue weighted by Gasteiger charge is -2.12. The minimum atomic E-state index is -0.228. The second-order valence-corrected chi connectivity index (χ2v) is 4.55. The van der Waals surface area contributed by atoms with Gasteiger partial charge in [0.15, 0.2) is 5.96 Å². The molecular weight excluding hydrogens is 365 g/mol. The van der Waals surface area contributed by atoms with Crippen LogP contribution in [-0.2, 0) is 9.53 Å². The van der Waals surface area contributed by atoms with Gasteiger partial charge in [-0.3, -0.25) is 9.79 Å². The van der Waals surface area contributed by atoms with E-state index in [0.29, 0.717) is 6.54 Å². The molecule has 18 heavy (non-hydrogen) atoms. The molecule has 0 aromatic carbocycles. The highest BCUT2D eigenvalue weighted by Crippen LogP contribution is 1.98. The molecule has 0 fully saturated rings. The summed E-state index contributed by atoms with van der Waals surface area (Å²) in [6, 6.07) is 0. The second kappa shape index (κ2) is 13.3. The Kier molecular flexibility index (Phi) is 14.8. The van der Waals surface area contributed by atoms with E-state index >= 15 is 0 Å². The SMILES string of the molecule is CCNC(=NCC(C)C(=O)OC)NCCSC.I. The minimum absolute atomic E-state index is 0. The number of carbonyl (C=O) groups is 1. The zero-order valence-corrected chi connectivity index (χ0v) is 14.6. The van der Waals surface area contributed by atoms with Crippen LogP contribution >= 0.6 is 35.7 Å². The average molecular weight is 389 g/mol. The van der Waals surface area contributed by atoms with Crippen LogP contribution in [0.15, 0.2) is 4.99 Å². The van der Waals surface area contributed by atoms with Crippen LogP contribution in [0.4, 0.5) is 0 Å². The third-order valence-electron chi connectivity index (χ3n) is 2.07. The summed E-state index contributed by atoms with van der Waals surface area (Å²) in [5.41, 5.74) is 0. The number of esters is 1. The number of halogens is 1. The van der Waals surface area contributed by atoms with Gasteiger partial charge in [0.1, 0.15) is 0 Å². The Bertz CT molecular complexity index is 252. The highest BCUT2D eigenvalue weighted by Gasteiger charge is 2.12. The molecule has 0 bridgehead atoms. The number of methoxy groups -OCH3 is 1. The smallest absolute Gasteiger partial charge is 0.310 e. The van der Waals surface area contributed by atoms with Crippen LogP contribution in [0.1, 0.15) is 13.8 Å². The lowest BCUT2D eigenvalue weighted by atomic mass is 10.2. The van der Waals surface area contributed by atoms with Crippen molar-refractivity contribution < 1.29 is 9.53 Å². The lowest BCUT2D eigenvalue weighted by Crippen LogP contribution is -2.39. The first kappa shape index (κ1) is 20.1. The van der Waals surface area contributed by atoms with Crippen molar-refractivity contribution >= 4 is 47.7 Å². The summed E-state index contributed by atoms with van der Waals surface area (Å²) in [7, 11) is 1.39. The van der Waals surface area contributed by atoms with Crippen LogP contribution in [0.3, 0.4) is 0 Å². The number of aliphatic imine (C=N–C) groups is 1. The first-order chi connectivity index (χ1) is 8.15. The number of ether oxygens (including phenoxy) is 1. The molecule has 7 heteroatoms. The fraction of sp³-hybridized carbons (Fsp3) is 0.818. The van der Waals surface area contributed by atoms with Crippen LogP contribution in [0.25, 0.3) is 0 Å². The van der Waals surface area contributed by atoms with Gasteiger partial charge in [0.25, 0.3) is 0 Å². The number of nitrogens with one attached hydrogen (secondary N) is 2. The maximum atomic E-state index is 11.2. The number of hydrogen-bond acceptors (Lipinski definition) is 4. The van der Waals surface area contributed by atoms with Gasteiger partial charge in [0, 0.05) is 18.8 Å². The third kappa shape index (κ3) is 9.81. The molecule has 2 N–H and O–H groups in total. The number of hydrogen-bond donors (Lipinski definition) is 2. The Hall–Kier alpha value is -0.180. The molecule has 0 heterocycles. The van der Waals surface area contributed by atoms with Crippen molar-refractivity contribution in [2.45, 2.75) is 13.8 Å². The van der Waals surface area contributed by atoms with Gasteiger partial charge in [-0.1, -0.05) is 6.92 Å². The number of guanidine groups is 1. The number of nitrogens with zero attached hydrogens (tertiary/aromatic N) is 1. The molecule has 0 aliphatic carbocycles. The summed E-state index contributed by atoms with van der Waals surface area (Å²) in [5, 5.41) is 6.33. The van der Waals surface area contributed by atoms with Gasteiger partial charge in [-0.2, -0.15) is 11.8 Å². The first-order valence-electron chi connectivity index (χ1n) is 5.74. The van der Waals surface area contributed by atoms with E-state index in [1.165, 1.54) is 7.11 Å². The van der Waals surface area contributed by atoms with Crippen molar-refractivity contribution in [1.29, 1.82) is 0 Å². The van der Waals surface area contributed by atoms with Gasteiger partial charge < -0.3 is 15.4 Å². The number of thioether (sulfide) groups is 1. The van der Waals surface area contributed by atoms with E-state index < -0.39 is 0 Å². The Morgan fingerprint density at radius 3 is 2.61 bits per heavy atom. The van der Waals surface area contributed by atoms with Crippen molar-refractivity contribution in [1.82, 2.24) is 10.6 Å². The summed E-state index contributed by atoms with van der Waals surface area (Å²) >= 11 is 1.78. The topological polar surface area (TPSA) is 62.7 Å². The number of carbonyl (C=O) groups excluding carboxylic acids is 1. The van der Waals surface area contributed by atoms with Gasteiger partial charge >= 0.3 is 5.97 Å². The fourth-order valence-corrected chi connectivity index (χ4v) is 1.42. The molecule has 108 valence electrons. The average Bonchev–Trinajstić information content (AvgIpc) is 2.34. The molecule has 0 radical (unpaired) electrons. The Balaban J connectivity index is 0. The summed E-state index contributed by atoms with van der Waals surface area (Å²) in [4.78, 5) is 15.5. The van der Waals surface area contributed by atoms with Gasteiger partial charge in [-0.25, -0.2) is 0 Å². The van der Waals surface area contributed by atoms with Crippen LogP contribution in [0, 0.1) is 5.92 Å². The summed E-state index contributed by atoms with van der Waals surface area (Å²) in [5.74, 6) is 1.33. The summed E-state index contributed by atoms with van der Waals surface area (Å²) in [6.45, 7) is 5.91. The molecular formula is C11H24IN3O2S. The summed E-state index contributed by atoms with van der Waals surface area (Å²) in [6.07, 6.45) is 2.06. The Labute approximate surface area is 131 Å². The monoisotopic (exact) mass is 389 g/mol. The zero-order valence-electron chi connectivity index (χ0n) is 11.5. The fourth-order valence-electron chi connectivity index (χ4n) is 1.12. The predicted octanol–water partition coefficient (Wildman–Crippen LogP) is 1.33. The largest absolute Gasteiger partial charge is 0.469 e. The van der Waals surface area contributed by atoms with Crippen LogP contribution in [-0.4, -0.2) is 50.7 Å². The maximum absolute atomic E-state index is 11.2. The molecule has 0 rings (SSSR count). The highest BCUT2D eigenvalue weighted by molar-refractivity contribution is 14.0. The minimum Gasteiger partial charge on any atom is -0.469 e. The van der Waals surface area contributed by atoms with Gasteiger partial charge in [0.05, 0.1) is 19.6 Å². The molecule has 1 atom stereocenters. The molecule has 0 amide bonds. The predicted molar refractivity (Wildman–Crippen MR) is 89.0 cm³/mol. The molecule has 0 aliphatic rings. The van der Waals surface area contributed by atoms with Gasteiger partial charge in [0.2, 0.25) is 0 Å². The van der Waals surface area contributed by atoms with E-state index in [1.54, 1.807) is 18.7 Å². The molecule has 0 aliphatic heterocycles. The van der Waals surface area contributed by atoms with Crippen LogP contribution in [0.5, 0.6) is 0 Å². The molecule has 0 aromatic heterocycles. The van der Waals surface area contributed by atoms with E-state index in [2.05, 4.69) is 26.6 Å². The Morgan fingerprint density at radius 2 is 2.11 bits per heavy atom. The first-order valence-corrected chi connectivity index (χ1v) is 7.14. The quantitative estimate of drug-likeness (QED) is 0.226. The molecule has 0 spiro atoms. The molecule has 0 saturated carbocycles. The van der Waals surface area contributed by atoms with Crippen LogP contribution in [0.2, 0.25) is 0 Å². The van der Waals surface area contributed by atoms with E-state index in [9.17, 15) is 4.79 Å². The van der Waals surface area contributed by atoms with Crippen molar-refractivity contribution in [3.8, 4) is 0 Å². The van der Waals surface area contributed by atoms with Crippen molar-refractivity contribution in [2.24, 2.45) is 10.9 Å². The zero-order chi connectivity index (χ0) is 13.1. The van der Waals surface area contributed by atoms with Gasteiger partial charge in [-0.05, 0) is 13.2 Å². The standard InChI is InChI=1S/C11H23N3O2S.HI/c1-5-12-11(13-6-7-17-4)14-8-9(2)10(15)16-3;/h9H,5-8H2,1-4H3,(H2,12,13,14);1H. The molecule has 0 aromatic rings. The normalized spacial score (nSPS) is 12.3. The number of rotatable bonds is 7. The van der Waals surface area contributed by atoms with Gasteiger partial charge in [-0.15, -0.1) is 24.0 Å². The van der Waals surface area contributed by atoms with Crippen molar-refractivity contribution in [3.05, 3.63) is 0 Å². The molecule has 0 saturated heterocycles. The maximum Gasteiger partial charge on any atom is 0.310 e. The Morgan fingerprint density at radius 1 is 1.44 bits per heavy atom. The molecule has 1 unspecified atom stereocenters. The lowest BCUT2D eigenvalue weighted by molar-refractivity contribution is -0.144.